The van der Waals surface area contributed by atoms with Crippen LogP contribution in [0.4, 0.5) is 10.1 Å². The maximum Gasteiger partial charge on any atom is 0.194 e. The lowest BCUT2D eigenvalue weighted by Gasteiger charge is -2.37. The zero-order valence-electron chi connectivity index (χ0n) is 17.6. The van der Waals surface area contributed by atoms with Crippen LogP contribution in [0, 0.1) is 19.7 Å². The minimum Gasteiger partial charge on any atom is -0.368 e. The molecule has 0 amide bonds. The Morgan fingerprint density at radius 3 is 2.41 bits per heavy atom. The van der Waals surface area contributed by atoms with Crippen LogP contribution in [0.3, 0.4) is 0 Å². The summed E-state index contributed by atoms with van der Waals surface area (Å²) in [5.41, 5.74) is 3.16. The van der Waals surface area contributed by atoms with E-state index < -0.39 is 0 Å². The van der Waals surface area contributed by atoms with E-state index in [4.69, 9.17) is 9.52 Å². The first kappa shape index (κ1) is 23.4. The van der Waals surface area contributed by atoms with Crippen LogP contribution >= 0.6 is 24.0 Å². The third kappa shape index (κ3) is 5.83. The Morgan fingerprint density at radius 2 is 1.86 bits per heavy atom. The summed E-state index contributed by atoms with van der Waals surface area (Å²) in [7, 11) is 0. The maximum absolute atomic E-state index is 13.1. The summed E-state index contributed by atoms with van der Waals surface area (Å²) in [5.74, 6) is 1.87. The summed E-state index contributed by atoms with van der Waals surface area (Å²) >= 11 is 0. The van der Waals surface area contributed by atoms with E-state index in [1.54, 1.807) is 0 Å². The largest absolute Gasteiger partial charge is 0.368 e. The van der Waals surface area contributed by atoms with Gasteiger partial charge >= 0.3 is 0 Å². The summed E-state index contributed by atoms with van der Waals surface area (Å²) in [4.78, 5) is 9.46. The molecule has 1 saturated heterocycles. The number of piperazine rings is 1. The molecule has 1 atom stereocenters. The van der Waals surface area contributed by atoms with Crippen LogP contribution in [0.2, 0.25) is 0 Å². The molecule has 0 bridgehead atoms. The number of halogens is 2. The maximum atomic E-state index is 13.1. The number of benzene rings is 1. The van der Waals surface area contributed by atoms with Crippen molar-refractivity contribution >= 4 is 35.6 Å². The highest BCUT2D eigenvalue weighted by molar-refractivity contribution is 14.0. The van der Waals surface area contributed by atoms with E-state index in [1.807, 2.05) is 26.0 Å². The fourth-order valence-corrected chi connectivity index (χ4v) is 3.76. The van der Waals surface area contributed by atoms with Gasteiger partial charge in [-0.3, -0.25) is 4.99 Å². The summed E-state index contributed by atoms with van der Waals surface area (Å²) in [6.45, 7) is 13.2. The molecule has 0 radical (unpaired) electrons. The van der Waals surface area contributed by atoms with E-state index in [-0.39, 0.29) is 35.7 Å². The van der Waals surface area contributed by atoms with Crippen molar-refractivity contribution in [1.82, 2.24) is 15.4 Å². The zero-order chi connectivity index (χ0) is 20.1. The van der Waals surface area contributed by atoms with Crippen LogP contribution in [0.5, 0.6) is 0 Å². The molecule has 2 heterocycles. The van der Waals surface area contributed by atoms with Gasteiger partial charge in [-0.2, -0.15) is 0 Å². The van der Waals surface area contributed by atoms with Crippen LogP contribution in [-0.2, 0) is 0 Å². The van der Waals surface area contributed by atoms with Crippen molar-refractivity contribution in [3.05, 3.63) is 47.1 Å². The Hall–Kier alpha value is -1.84. The Kier molecular flexibility index (Phi) is 8.73. The molecule has 1 fully saturated rings. The predicted molar refractivity (Wildman–Crippen MR) is 126 cm³/mol. The van der Waals surface area contributed by atoms with Crippen LogP contribution in [0.1, 0.15) is 36.8 Å². The van der Waals surface area contributed by atoms with E-state index in [0.717, 1.165) is 61.4 Å². The van der Waals surface area contributed by atoms with E-state index in [9.17, 15) is 4.39 Å². The molecular formula is C21H31FIN5O. The topological polar surface area (TPSA) is 56.9 Å². The highest BCUT2D eigenvalue weighted by Gasteiger charge is 2.21. The number of aromatic nitrogens is 1. The number of guanidine groups is 1. The van der Waals surface area contributed by atoms with E-state index in [1.165, 1.54) is 12.1 Å². The van der Waals surface area contributed by atoms with Crippen LogP contribution in [0.25, 0.3) is 0 Å². The second-order valence-corrected chi connectivity index (χ2v) is 7.28. The van der Waals surface area contributed by atoms with Gasteiger partial charge in [0.1, 0.15) is 11.6 Å². The molecular weight excluding hydrogens is 484 g/mol. The zero-order valence-corrected chi connectivity index (χ0v) is 19.9. The van der Waals surface area contributed by atoms with Crippen molar-refractivity contribution in [3.63, 3.8) is 0 Å². The molecule has 1 aliphatic rings. The van der Waals surface area contributed by atoms with Gasteiger partial charge in [0.05, 0.1) is 5.69 Å². The molecule has 2 aromatic rings. The van der Waals surface area contributed by atoms with Crippen molar-refractivity contribution in [1.29, 1.82) is 0 Å². The number of aryl methyl sites for hydroxylation is 2. The average Bonchev–Trinajstić information content (AvgIpc) is 3.04. The monoisotopic (exact) mass is 515 g/mol. The molecule has 0 saturated carbocycles. The molecule has 8 heteroatoms. The number of rotatable bonds is 5. The van der Waals surface area contributed by atoms with E-state index in [0.29, 0.717) is 6.54 Å². The van der Waals surface area contributed by atoms with Gasteiger partial charge in [0, 0.05) is 56.4 Å². The molecule has 1 aromatic heterocycles. The van der Waals surface area contributed by atoms with Crippen molar-refractivity contribution < 1.29 is 8.91 Å². The lowest BCUT2D eigenvalue weighted by molar-refractivity contribution is 0.372. The van der Waals surface area contributed by atoms with Crippen molar-refractivity contribution in [3.8, 4) is 0 Å². The first-order chi connectivity index (χ1) is 13.5. The van der Waals surface area contributed by atoms with Gasteiger partial charge in [0.15, 0.2) is 5.96 Å². The normalized spacial score (nSPS) is 15.8. The second-order valence-electron chi connectivity index (χ2n) is 7.28. The number of nitrogens with one attached hydrogen (secondary N) is 1. The van der Waals surface area contributed by atoms with Gasteiger partial charge in [0.2, 0.25) is 0 Å². The van der Waals surface area contributed by atoms with Crippen molar-refractivity contribution in [2.45, 2.75) is 33.6 Å². The molecule has 0 aliphatic carbocycles. The van der Waals surface area contributed by atoms with Gasteiger partial charge in [-0.1, -0.05) is 12.1 Å². The van der Waals surface area contributed by atoms with Gasteiger partial charge in [0.25, 0.3) is 0 Å². The van der Waals surface area contributed by atoms with Crippen molar-refractivity contribution in [2.24, 2.45) is 4.99 Å². The fourth-order valence-electron chi connectivity index (χ4n) is 3.76. The SMILES string of the molecule is CCNC(=NCC(C)c1c(C)noc1C)N1CCN(c2ccc(F)cc2)CC1.I. The molecule has 160 valence electrons. The number of hydrogen-bond acceptors (Lipinski definition) is 4. The Balaban J connectivity index is 0.00000300. The lowest BCUT2D eigenvalue weighted by Crippen LogP contribution is -2.52. The number of aliphatic imine (C=N–C) groups is 1. The number of nitrogens with zero attached hydrogens (tertiary/aromatic N) is 4. The van der Waals surface area contributed by atoms with Crippen LogP contribution < -0.4 is 10.2 Å². The van der Waals surface area contributed by atoms with Crippen LogP contribution in [-0.4, -0.2) is 55.3 Å². The number of hydrogen-bond donors (Lipinski definition) is 1. The molecule has 3 rings (SSSR count). The summed E-state index contributed by atoms with van der Waals surface area (Å²) < 4.78 is 18.4. The Labute approximate surface area is 189 Å². The third-order valence-electron chi connectivity index (χ3n) is 5.20. The summed E-state index contributed by atoms with van der Waals surface area (Å²) in [6.07, 6.45) is 0. The minimum atomic E-state index is -0.198. The van der Waals surface area contributed by atoms with Crippen LogP contribution in [0.15, 0.2) is 33.8 Å². The Morgan fingerprint density at radius 1 is 1.21 bits per heavy atom. The average molecular weight is 515 g/mol. The third-order valence-corrected chi connectivity index (χ3v) is 5.20. The molecule has 6 nitrogen and oxygen atoms in total. The van der Waals surface area contributed by atoms with Gasteiger partial charge in [-0.15, -0.1) is 24.0 Å². The molecule has 29 heavy (non-hydrogen) atoms. The lowest BCUT2D eigenvalue weighted by atomic mass is 10.00. The second kappa shape index (κ2) is 10.8. The van der Waals surface area contributed by atoms with Gasteiger partial charge in [-0.25, -0.2) is 4.39 Å². The summed E-state index contributed by atoms with van der Waals surface area (Å²) in [5, 5.41) is 7.47. The number of anilines is 1. The van der Waals surface area contributed by atoms with Gasteiger partial charge < -0.3 is 19.6 Å². The van der Waals surface area contributed by atoms with Gasteiger partial charge in [-0.05, 0) is 45.0 Å². The van der Waals surface area contributed by atoms with Crippen molar-refractivity contribution in [2.75, 3.05) is 44.2 Å². The molecule has 1 aliphatic heterocycles. The summed E-state index contributed by atoms with van der Waals surface area (Å²) in [6, 6.07) is 6.72. The predicted octanol–water partition coefficient (Wildman–Crippen LogP) is 3.94. The quantitative estimate of drug-likeness (QED) is 0.372. The smallest absolute Gasteiger partial charge is 0.194 e. The molecule has 1 aromatic carbocycles. The molecule has 1 unspecified atom stereocenters. The first-order valence-electron chi connectivity index (χ1n) is 9.96. The highest BCUT2D eigenvalue weighted by Crippen LogP contribution is 2.23. The highest BCUT2D eigenvalue weighted by atomic mass is 127. The minimum absolute atomic E-state index is 0. The Bertz CT molecular complexity index is 780. The molecule has 0 spiro atoms. The first-order valence-corrected chi connectivity index (χ1v) is 9.96. The van der Waals surface area contributed by atoms with E-state index in [2.05, 4.69) is 34.1 Å². The molecule has 1 N–H and O–H groups in total. The fraction of sp³-hybridized carbons (Fsp3) is 0.524. The van der Waals surface area contributed by atoms with E-state index >= 15 is 0 Å². The standard InChI is InChI=1S/C21H30FN5O.HI/c1-5-23-21(24-14-15(2)20-16(3)25-28-17(20)4)27-12-10-26(11-13-27)19-8-6-18(22)7-9-19;/h6-9,15H,5,10-14H2,1-4H3,(H,23,24);1H.